The highest BCUT2D eigenvalue weighted by molar-refractivity contribution is 5.83. The van der Waals surface area contributed by atoms with Crippen LogP contribution in [0.5, 0.6) is 0 Å². The first kappa shape index (κ1) is 20.6. The van der Waals surface area contributed by atoms with Crippen molar-refractivity contribution in [2.75, 3.05) is 0 Å². The standard InChI is InChI=1S/C18H22O9/c1-9(23-10(2)19)13(24-11(3)20)5-6-15-17(26-15)18-14(25-12(4)21)7-8-16(22)27-18/h5-9,13-15,17-18H,1-4H3/b6-5+/t9-,13+,14-,15+,17-,18+/m0/s1. The molecule has 0 amide bonds. The topological polar surface area (TPSA) is 118 Å². The summed E-state index contributed by atoms with van der Waals surface area (Å²) in [5.74, 6) is -2.09. The second-order valence-corrected chi connectivity index (χ2v) is 6.17. The lowest BCUT2D eigenvalue weighted by atomic mass is 10.0. The molecule has 2 heterocycles. The predicted octanol–water partition coefficient (Wildman–Crippen LogP) is 0.607. The molecule has 0 spiro atoms. The van der Waals surface area contributed by atoms with E-state index in [-0.39, 0.29) is 0 Å². The number of ether oxygens (including phenoxy) is 5. The number of carbonyl (C=O) groups excluding carboxylic acids is 4. The highest BCUT2D eigenvalue weighted by Crippen LogP contribution is 2.33. The van der Waals surface area contributed by atoms with Gasteiger partial charge in [0.25, 0.3) is 0 Å². The van der Waals surface area contributed by atoms with E-state index in [0.717, 1.165) is 0 Å². The van der Waals surface area contributed by atoms with Crippen molar-refractivity contribution in [3.63, 3.8) is 0 Å². The maximum atomic E-state index is 11.5. The maximum Gasteiger partial charge on any atom is 0.331 e. The van der Waals surface area contributed by atoms with Gasteiger partial charge < -0.3 is 23.7 Å². The normalized spacial score (nSPS) is 28.8. The van der Waals surface area contributed by atoms with Crippen LogP contribution in [0.4, 0.5) is 0 Å². The highest BCUT2D eigenvalue weighted by atomic mass is 16.6. The van der Waals surface area contributed by atoms with Gasteiger partial charge in [-0.1, -0.05) is 6.08 Å². The van der Waals surface area contributed by atoms with Crippen LogP contribution in [0.25, 0.3) is 0 Å². The Morgan fingerprint density at radius 3 is 2.33 bits per heavy atom. The van der Waals surface area contributed by atoms with E-state index in [9.17, 15) is 19.2 Å². The predicted molar refractivity (Wildman–Crippen MR) is 89.2 cm³/mol. The molecule has 0 bridgehead atoms. The Bertz CT molecular complexity index is 666. The zero-order chi connectivity index (χ0) is 20.1. The summed E-state index contributed by atoms with van der Waals surface area (Å²) in [4.78, 5) is 45.1. The third-order valence-corrected chi connectivity index (χ3v) is 3.79. The van der Waals surface area contributed by atoms with Gasteiger partial charge in [-0.15, -0.1) is 0 Å². The molecule has 2 aliphatic heterocycles. The first-order chi connectivity index (χ1) is 12.7. The Labute approximate surface area is 156 Å². The van der Waals surface area contributed by atoms with Crippen molar-refractivity contribution in [2.24, 2.45) is 0 Å². The SMILES string of the molecule is CC(=O)O[C@@H](C)[C@@H](/C=C/[C@H]1O[C@@H]1[C@@H]1OC(=O)C=C[C@@H]1OC(C)=O)OC(C)=O. The third kappa shape index (κ3) is 6.21. The molecule has 1 fully saturated rings. The Balaban J connectivity index is 2.01. The molecule has 0 aliphatic carbocycles. The molecule has 0 radical (unpaired) electrons. The van der Waals surface area contributed by atoms with Gasteiger partial charge in [0.05, 0.1) is 0 Å². The molecule has 0 aromatic carbocycles. The largest absolute Gasteiger partial charge is 0.459 e. The van der Waals surface area contributed by atoms with E-state index in [1.165, 1.54) is 32.9 Å². The monoisotopic (exact) mass is 382 g/mol. The van der Waals surface area contributed by atoms with Crippen LogP contribution in [-0.4, -0.2) is 60.5 Å². The van der Waals surface area contributed by atoms with E-state index >= 15 is 0 Å². The van der Waals surface area contributed by atoms with Crippen LogP contribution < -0.4 is 0 Å². The summed E-state index contributed by atoms with van der Waals surface area (Å²) in [5.41, 5.74) is 0. The van der Waals surface area contributed by atoms with Crippen LogP contribution in [-0.2, 0) is 42.9 Å². The average Bonchev–Trinajstić information content (AvgIpc) is 3.31. The number of esters is 4. The first-order valence-electron chi connectivity index (χ1n) is 8.41. The van der Waals surface area contributed by atoms with Crippen LogP contribution >= 0.6 is 0 Å². The van der Waals surface area contributed by atoms with Crippen molar-refractivity contribution in [1.29, 1.82) is 0 Å². The minimum atomic E-state index is -0.797. The Morgan fingerprint density at radius 2 is 1.74 bits per heavy atom. The molecule has 0 unspecified atom stereocenters. The van der Waals surface area contributed by atoms with Gasteiger partial charge in [0.1, 0.15) is 18.3 Å². The number of hydrogen-bond acceptors (Lipinski definition) is 9. The van der Waals surface area contributed by atoms with E-state index in [2.05, 4.69) is 0 Å². The lowest BCUT2D eigenvalue weighted by molar-refractivity contribution is -0.163. The molecule has 9 heteroatoms. The van der Waals surface area contributed by atoms with E-state index < -0.39 is 60.5 Å². The Hall–Kier alpha value is -2.68. The van der Waals surface area contributed by atoms with E-state index in [4.69, 9.17) is 23.7 Å². The molecule has 0 aromatic heterocycles. The van der Waals surface area contributed by atoms with Crippen molar-refractivity contribution >= 4 is 23.9 Å². The van der Waals surface area contributed by atoms with Gasteiger partial charge >= 0.3 is 23.9 Å². The summed E-state index contributed by atoms with van der Waals surface area (Å²) in [7, 11) is 0. The number of carbonyl (C=O) groups is 4. The quantitative estimate of drug-likeness (QED) is 0.270. The molecular formula is C18H22O9. The fourth-order valence-corrected chi connectivity index (χ4v) is 2.66. The van der Waals surface area contributed by atoms with Crippen LogP contribution in [0.15, 0.2) is 24.3 Å². The summed E-state index contributed by atoms with van der Waals surface area (Å²) in [6.07, 6.45) is 1.84. The van der Waals surface area contributed by atoms with Gasteiger partial charge in [0, 0.05) is 26.8 Å². The summed E-state index contributed by atoms with van der Waals surface area (Å²) in [5, 5.41) is 0. The fraction of sp³-hybridized carbons (Fsp3) is 0.556. The van der Waals surface area contributed by atoms with Crippen molar-refractivity contribution in [1.82, 2.24) is 0 Å². The second kappa shape index (κ2) is 8.81. The van der Waals surface area contributed by atoms with Crippen LogP contribution in [0.1, 0.15) is 27.7 Å². The van der Waals surface area contributed by atoms with E-state index in [1.54, 1.807) is 19.1 Å². The summed E-state index contributed by atoms with van der Waals surface area (Å²) in [6, 6.07) is 0. The summed E-state index contributed by atoms with van der Waals surface area (Å²) in [6.45, 7) is 5.35. The van der Waals surface area contributed by atoms with Gasteiger partial charge in [-0.3, -0.25) is 14.4 Å². The molecule has 9 nitrogen and oxygen atoms in total. The van der Waals surface area contributed by atoms with Gasteiger partial charge in [0.2, 0.25) is 0 Å². The number of rotatable bonds is 7. The molecule has 2 rings (SSSR count). The van der Waals surface area contributed by atoms with Crippen molar-refractivity contribution in [3.8, 4) is 0 Å². The molecule has 0 aromatic rings. The van der Waals surface area contributed by atoms with Crippen LogP contribution in [0, 0.1) is 0 Å². The van der Waals surface area contributed by atoms with E-state index in [1.807, 2.05) is 0 Å². The fourth-order valence-electron chi connectivity index (χ4n) is 2.66. The molecule has 148 valence electrons. The number of hydrogen-bond donors (Lipinski definition) is 0. The third-order valence-electron chi connectivity index (χ3n) is 3.79. The van der Waals surface area contributed by atoms with Gasteiger partial charge in [-0.2, -0.15) is 0 Å². The average molecular weight is 382 g/mol. The Morgan fingerprint density at radius 1 is 1.07 bits per heavy atom. The van der Waals surface area contributed by atoms with E-state index in [0.29, 0.717) is 0 Å². The lowest BCUT2D eigenvalue weighted by Crippen LogP contribution is -2.40. The minimum absolute atomic E-state index is 0.435. The zero-order valence-electron chi connectivity index (χ0n) is 15.4. The molecule has 0 N–H and O–H groups in total. The van der Waals surface area contributed by atoms with Crippen molar-refractivity contribution in [2.45, 2.75) is 64.3 Å². The van der Waals surface area contributed by atoms with Crippen LogP contribution in [0.3, 0.4) is 0 Å². The van der Waals surface area contributed by atoms with Gasteiger partial charge in [0.15, 0.2) is 18.3 Å². The lowest BCUT2D eigenvalue weighted by Gasteiger charge is -2.25. The minimum Gasteiger partial charge on any atom is -0.459 e. The van der Waals surface area contributed by atoms with Crippen molar-refractivity contribution < 1.29 is 42.9 Å². The second-order valence-electron chi connectivity index (χ2n) is 6.17. The highest BCUT2D eigenvalue weighted by Gasteiger charge is 2.50. The Kier molecular flexibility index (Phi) is 6.73. The van der Waals surface area contributed by atoms with Crippen molar-refractivity contribution in [3.05, 3.63) is 24.3 Å². The van der Waals surface area contributed by atoms with Gasteiger partial charge in [-0.25, -0.2) is 4.79 Å². The number of cyclic esters (lactones) is 1. The first-order valence-corrected chi connectivity index (χ1v) is 8.41. The zero-order valence-corrected chi connectivity index (χ0v) is 15.4. The van der Waals surface area contributed by atoms with Crippen LogP contribution in [0.2, 0.25) is 0 Å². The summed E-state index contributed by atoms with van der Waals surface area (Å²) < 4.78 is 26.0. The molecule has 6 atom stereocenters. The molecular weight excluding hydrogens is 360 g/mol. The smallest absolute Gasteiger partial charge is 0.331 e. The maximum absolute atomic E-state index is 11.5. The molecule has 0 saturated carbocycles. The molecule has 2 aliphatic rings. The number of epoxide rings is 1. The summed E-state index contributed by atoms with van der Waals surface area (Å²) >= 11 is 0. The van der Waals surface area contributed by atoms with Gasteiger partial charge in [-0.05, 0) is 19.1 Å². The molecule has 1 saturated heterocycles. The molecule has 27 heavy (non-hydrogen) atoms.